The molecule has 0 aromatic heterocycles. The van der Waals surface area contributed by atoms with Crippen LogP contribution in [-0.2, 0) is 4.79 Å². The molecule has 0 amide bonds. The zero-order valence-electron chi connectivity index (χ0n) is 6.18. The van der Waals surface area contributed by atoms with Crippen LogP contribution in [0.15, 0.2) is 11.6 Å². The molecule has 0 N–H and O–H groups in total. The Morgan fingerprint density at radius 1 is 1.56 bits per heavy atom. The van der Waals surface area contributed by atoms with Crippen LogP contribution in [0.4, 0.5) is 0 Å². The molecule has 0 aromatic rings. The fourth-order valence-corrected chi connectivity index (χ4v) is 0.746. The van der Waals surface area contributed by atoms with Crippen molar-refractivity contribution in [2.24, 2.45) is 0 Å². The summed E-state index contributed by atoms with van der Waals surface area (Å²) in [7, 11) is 0. The fourth-order valence-electron chi connectivity index (χ4n) is 0.746. The average molecular weight is 126 g/mol. The zero-order chi connectivity index (χ0) is 7.11. The molecule has 0 aliphatic heterocycles. The highest BCUT2D eigenvalue weighted by Crippen LogP contribution is 2.02. The summed E-state index contributed by atoms with van der Waals surface area (Å²) in [6.07, 6.45) is 5.77. The van der Waals surface area contributed by atoms with E-state index in [1.165, 1.54) is 12.0 Å². The quantitative estimate of drug-likeness (QED) is 0.417. The largest absolute Gasteiger partial charge is 0.303 e. The number of allylic oxidation sites excluding steroid dienone is 2. The predicted octanol–water partition coefficient (Wildman–Crippen LogP) is 2.32. The lowest BCUT2D eigenvalue weighted by Gasteiger charge is -1.93. The number of carbonyl (C=O) groups is 1. The van der Waals surface area contributed by atoms with Gasteiger partial charge in [0.05, 0.1) is 0 Å². The number of hydrogen-bond acceptors (Lipinski definition) is 1. The topological polar surface area (TPSA) is 17.1 Å². The minimum Gasteiger partial charge on any atom is -0.303 e. The van der Waals surface area contributed by atoms with Gasteiger partial charge in [-0.15, -0.1) is 0 Å². The molecule has 0 heterocycles. The highest BCUT2D eigenvalue weighted by Gasteiger charge is 1.84. The summed E-state index contributed by atoms with van der Waals surface area (Å²) in [5.74, 6) is 0. The molecule has 0 aromatic carbocycles. The van der Waals surface area contributed by atoms with E-state index in [-0.39, 0.29) is 0 Å². The van der Waals surface area contributed by atoms with Gasteiger partial charge in [-0.25, -0.2) is 0 Å². The third-order valence-corrected chi connectivity index (χ3v) is 1.21. The van der Waals surface area contributed by atoms with E-state index < -0.39 is 0 Å². The van der Waals surface area contributed by atoms with Gasteiger partial charge in [0.15, 0.2) is 0 Å². The smallest absolute Gasteiger partial charge is 0.123 e. The van der Waals surface area contributed by atoms with E-state index in [2.05, 4.69) is 13.8 Å². The maximum atomic E-state index is 9.87. The Balaban J connectivity index is 3.42. The predicted molar refractivity (Wildman–Crippen MR) is 39.3 cm³/mol. The van der Waals surface area contributed by atoms with Gasteiger partial charge in [-0.1, -0.05) is 25.0 Å². The van der Waals surface area contributed by atoms with Crippen molar-refractivity contribution >= 4 is 6.29 Å². The van der Waals surface area contributed by atoms with Crippen molar-refractivity contribution in [2.45, 2.75) is 33.1 Å². The van der Waals surface area contributed by atoms with Crippen LogP contribution in [0, 0.1) is 0 Å². The summed E-state index contributed by atoms with van der Waals surface area (Å²) in [6.45, 7) is 4.20. The van der Waals surface area contributed by atoms with E-state index in [4.69, 9.17) is 0 Å². The van der Waals surface area contributed by atoms with Crippen LogP contribution in [-0.4, -0.2) is 6.29 Å². The van der Waals surface area contributed by atoms with Crippen molar-refractivity contribution in [1.29, 1.82) is 0 Å². The number of hydrogen-bond donors (Lipinski definition) is 0. The monoisotopic (exact) mass is 126 g/mol. The molecule has 0 unspecified atom stereocenters. The van der Waals surface area contributed by atoms with Crippen molar-refractivity contribution in [2.75, 3.05) is 0 Å². The molecule has 0 bridgehead atoms. The van der Waals surface area contributed by atoms with E-state index in [0.29, 0.717) is 6.42 Å². The van der Waals surface area contributed by atoms with Crippen LogP contribution in [0.5, 0.6) is 0 Å². The lowest BCUT2D eigenvalue weighted by atomic mass is 10.1. The summed E-state index contributed by atoms with van der Waals surface area (Å²) in [6, 6.07) is 0. The summed E-state index contributed by atoms with van der Waals surface area (Å²) in [5.41, 5.74) is 1.32. The van der Waals surface area contributed by atoms with Gasteiger partial charge in [-0.3, -0.25) is 0 Å². The Morgan fingerprint density at radius 2 is 2.22 bits per heavy atom. The Morgan fingerprint density at radius 3 is 2.67 bits per heavy atom. The second-order valence-corrected chi connectivity index (χ2v) is 2.20. The second-order valence-electron chi connectivity index (χ2n) is 2.20. The Labute approximate surface area is 56.8 Å². The van der Waals surface area contributed by atoms with E-state index in [0.717, 1.165) is 12.7 Å². The molecule has 0 saturated carbocycles. The van der Waals surface area contributed by atoms with Gasteiger partial charge < -0.3 is 4.79 Å². The van der Waals surface area contributed by atoms with Gasteiger partial charge in [-0.2, -0.15) is 0 Å². The molecule has 1 heteroatoms. The van der Waals surface area contributed by atoms with Crippen LogP contribution in [0.3, 0.4) is 0 Å². The first kappa shape index (κ1) is 8.41. The van der Waals surface area contributed by atoms with Crippen molar-refractivity contribution in [1.82, 2.24) is 0 Å². The molecule has 9 heavy (non-hydrogen) atoms. The minimum absolute atomic E-state index is 0.575. The number of carbonyl (C=O) groups excluding carboxylic acids is 1. The first-order chi connectivity index (χ1) is 4.31. The van der Waals surface area contributed by atoms with Crippen LogP contribution in [0.2, 0.25) is 0 Å². The molecule has 0 radical (unpaired) electrons. The summed E-state index contributed by atoms with van der Waals surface area (Å²) >= 11 is 0. The highest BCUT2D eigenvalue weighted by atomic mass is 16.1. The minimum atomic E-state index is 0.575. The standard InChI is InChI=1S/C8H14O/c1-3-5-8(2)6-4-7-9/h6-7H,3-5H2,1-2H3/b8-6+. The van der Waals surface area contributed by atoms with Gasteiger partial charge in [0.2, 0.25) is 0 Å². The molecule has 0 fully saturated rings. The Bertz CT molecular complexity index is 103. The fraction of sp³-hybridized carbons (Fsp3) is 0.625. The third-order valence-electron chi connectivity index (χ3n) is 1.21. The van der Waals surface area contributed by atoms with Crippen LogP contribution in [0.25, 0.3) is 0 Å². The van der Waals surface area contributed by atoms with Gasteiger partial charge in [0, 0.05) is 6.42 Å². The molecular formula is C8H14O. The molecule has 0 atom stereocenters. The molecule has 0 aliphatic rings. The van der Waals surface area contributed by atoms with E-state index in [9.17, 15) is 4.79 Å². The molecule has 0 rings (SSSR count). The normalized spacial score (nSPS) is 11.6. The SMILES string of the molecule is CCC/C(C)=C/CC=O. The van der Waals surface area contributed by atoms with Crippen LogP contribution in [0.1, 0.15) is 33.1 Å². The zero-order valence-corrected chi connectivity index (χ0v) is 6.18. The van der Waals surface area contributed by atoms with Gasteiger partial charge in [0.1, 0.15) is 6.29 Å². The van der Waals surface area contributed by atoms with E-state index in [1.807, 2.05) is 6.08 Å². The first-order valence-electron chi connectivity index (χ1n) is 3.40. The van der Waals surface area contributed by atoms with Crippen LogP contribution < -0.4 is 0 Å². The average Bonchev–Trinajstić information content (AvgIpc) is 1.85. The highest BCUT2D eigenvalue weighted by molar-refractivity contribution is 5.52. The first-order valence-corrected chi connectivity index (χ1v) is 3.40. The maximum absolute atomic E-state index is 9.87. The molecule has 1 nitrogen and oxygen atoms in total. The van der Waals surface area contributed by atoms with Crippen molar-refractivity contribution in [3.05, 3.63) is 11.6 Å². The van der Waals surface area contributed by atoms with E-state index >= 15 is 0 Å². The molecular weight excluding hydrogens is 112 g/mol. The van der Waals surface area contributed by atoms with E-state index in [1.54, 1.807) is 0 Å². The lowest BCUT2D eigenvalue weighted by molar-refractivity contribution is -0.107. The Kier molecular flexibility index (Phi) is 5.18. The summed E-state index contributed by atoms with van der Waals surface area (Å²) in [5, 5.41) is 0. The van der Waals surface area contributed by atoms with Crippen molar-refractivity contribution < 1.29 is 4.79 Å². The molecule has 0 saturated heterocycles. The molecule has 0 aliphatic carbocycles. The summed E-state index contributed by atoms with van der Waals surface area (Å²) in [4.78, 5) is 9.87. The summed E-state index contributed by atoms with van der Waals surface area (Å²) < 4.78 is 0. The maximum Gasteiger partial charge on any atom is 0.123 e. The van der Waals surface area contributed by atoms with Crippen LogP contribution >= 0.6 is 0 Å². The molecule has 52 valence electrons. The number of rotatable bonds is 4. The van der Waals surface area contributed by atoms with Gasteiger partial charge >= 0.3 is 0 Å². The number of aldehydes is 1. The molecule has 0 spiro atoms. The second kappa shape index (κ2) is 5.54. The van der Waals surface area contributed by atoms with Crippen molar-refractivity contribution in [3.63, 3.8) is 0 Å². The van der Waals surface area contributed by atoms with Crippen molar-refractivity contribution in [3.8, 4) is 0 Å². The lowest BCUT2D eigenvalue weighted by Crippen LogP contribution is -1.75. The van der Waals surface area contributed by atoms with Gasteiger partial charge in [-0.05, 0) is 13.3 Å². The Hall–Kier alpha value is -0.590. The third kappa shape index (κ3) is 5.28. The van der Waals surface area contributed by atoms with Gasteiger partial charge in [0.25, 0.3) is 0 Å².